The molecule has 2 aliphatic heterocycles. The quantitative estimate of drug-likeness (QED) is 0.634. The number of aromatic amines is 2. The van der Waals surface area contributed by atoms with Gasteiger partial charge in [-0.3, -0.25) is 19.8 Å². The molecule has 2 saturated heterocycles. The van der Waals surface area contributed by atoms with Gasteiger partial charge in [0.05, 0.1) is 11.9 Å². The maximum Gasteiger partial charge on any atom is 0.272 e. The Labute approximate surface area is 160 Å². The first kappa shape index (κ1) is 16.9. The third-order valence-electron chi connectivity index (χ3n) is 6.00. The number of pyridine rings is 1. The van der Waals surface area contributed by atoms with Crippen molar-refractivity contribution in [3.05, 3.63) is 29.7 Å². The van der Waals surface area contributed by atoms with E-state index in [1.54, 1.807) is 12.3 Å². The summed E-state index contributed by atoms with van der Waals surface area (Å²) in [6.07, 6.45) is 4.85. The highest BCUT2D eigenvalue weighted by atomic mass is 16.2. The molecular formula is C19H21N7O2. The number of nitrogens with zero attached hydrogens (tertiary/aromatic N) is 4. The maximum absolute atomic E-state index is 13.2. The fourth-order valence-corrected chi connectivity index (χ4v) is 4.72. The van der Waals surface area contributed by atoms with Crippen molar-refractivity contribution in [1.29, 1.82) is 0 Å². The Balaban J connectivity index is 1.45. The van der Waals surface area contributed by atoms with E-state index in [1.165, 1.54) is 0 Å². The van der Waals surface area contributed by atoms with Crippen molar-refractivity contribution in [2.24, 2.45) is 11.7 Å². The summed E-state index contributed by atoms with van der Waals surface area (Å²) in [7, 11) is 0. The van der Waals surface area contributed by atoms with Gasteiger partial charge in [0.25, 0.3) is 5.91 Å². The first-order valence-corrected chi connectivity index (χ1v) is 9.49. The molecular weight excluding hydrogens is 358 g/mol. The lowest BCUT2D eigenvalue weighted by atomic mass is 9.90. The van der Waals surface area contributed by atoms with E-state index >= 15 is 0 Å². The molecule has 2 unspecified atom stereocenters. The number of fused-ring (bicyclic) bond motifs is 3. The van der Waals surface area contributed by atoms with Gasteiger partial charge in [0.15, 0.2) is 5.65 Å². The molecule has 0 aliphatic carbocycles. The number of piperidine rings is 1. The second kappa shape index (κ2) is 6.15. The van der Waals surface area contributed by atoms with E-state index in [1.807, 2.05) is 17.9 Å². The number of carbonyl (C=O) groups excluding carboxylic acids is 2. The van der Waals surface area contributed by atoms with Crippen molar-refractivity contribution in [3.8, 4) is 11.3 Å². The minimum absolute atomic E-state index is 0.0663. The molecule has 2 bridgehead atoms. The Morgan fingerprint density at radius 3 is 2.64 bits per heavy atom. The zero-order valence-corrected chi connectivity index (χ0v) is 15.5. The van der Waals surface area contributed by atoms with Crippen LogP contribution in [0.2, 0.25) is 0 Å². The Morgan fingerprint density at radius 2 is 1.93 bits per heavy atom. The molecule has 0 saturated carbocycles. The molecule has 5 heterocycles. The predicted octanol–water partition coefficient (Wildman–Crippen LogP) is 1.52. The number of H-pyrrole nitrogens is 2. The molecule has 2 fully saturated rings. The SMILES string of the molecule is Cc1cc(-c2cc(C(=O)N3C4CCC3CC(C(N)=O)C4)[nH]n2)c2cn[nH]c2n1. The number of rotatable bonds is 3. The monoisotopic (exact) mass is 379 g/mol. The largest absolute Gasteiger partial charge is 0.369 e. The summed E-state index contributed by atoms with van der Waals surface area (Å²) in [4.78, 5) is 31.1. The zero-order chi connectivity index (χ0) is 19.4. The molecule has 2 amide bonds. The van der Waals surface area contributed by atoms with Crippen LogP contribution in [0, 0.1) is 12.8 Å². The lowest BCUT2D eigenvalue weighted by molar-refractivity contribution is -0.123. The summed E-state index contributed by atoms with van der Waals surface area (Å²) in [6.45, 7) is 1.91. The van der Waals surface area contributed by atoms with Crippen molar-refractivity contribution in [2.75, 3.05) is 0 Å². The average molecular weight is 379 g/mol. The highest BCUT2D eigenvalue weighted by molar-refractivity contribution is 5.96. The third kappa shape index (κ3) is 2.57. The van der Waals surface area contributed by atoms with Crippen LogP contribution >= 0.6 is 0 Å². The molecule has 9 nitrogen and oxygen atoms in total. The van der Waals surface area contributed by atoms with Gasteiger partial charge in [-0.2, -0.15) is 10.2 Å². The van der Waals surface area contributed by atoms with Crippen LogP contribution in [0.5, 0.6) is 0 Å². The molecule has 0 spiro atoms. The van der Waals surface area contributed by atoms with Gasteiger partial charge in [-0.1, -0.05) is 0 Å². The Morgan fingerprint density at radius 1 is 1.18 bits per heavy atom. The number of aryl methyl sites for hydroxylation is 1. The van der Waals surface area contributed by atoms with Crippen molar-refractivity contribution >= 4 is 22.8 Å². The fraction of sp³-hybridized carbons (Fsp3) is 0.421. The molecule has 0 radical (unpaired) electrons. The van der Waals surface area contributed by atoms with Gasteiger partial charge in [-0.15, -0.1) is 0 Å². The molecule has 3 aromatic heterocycles. The van der Waals surface area contributed by atoms with Crippen LogP contribution in [0.4, 0.5) is 0 Å². The summed E-state index contributed by atoms with van der Waals surface area (Å²) >= 11 is 0. The topological polar surface area (TPSA) is 134 Å². The van der Waals surface area contributed by atoms with Gasteiger partial charge in [0.2, 0.25) is 5.91 Å². The molecule has 5 rings (SSSR count). The highest BCUT2D eigenvalue weighted by Gasteiger charge is 2.45. The maximum atomic E-state index is 13.2. The van der Waals surface area contributed by atoms with Crippen molar-refractivity contribution in [1.82, 2.24) is 30.3 Å². The zero-order valence-electron chi connectivity index (χ0n) is 15.5. The summed E-state index contributed by atoms with van der Waals surface area (Å²) in [5.41, 5.74) is 9.04. The summed E-state index contributed by atoms with van der Waals surface area (Å²) in [5, 5.41) is 15.1. The molecule has 9 heteroatoms. The first-order valence-electron chi connectivity index (χ1n) is 9.49. The molecule has 28 heavy (non-hydrogen) atoms. The van der Waals surface area contributed by atoms with Crippen LogP contribution in [0.3, 0.4) is 0 Å². The van der Waals surface area contributed by atoms with Gasteiger partial charge in [-0.05, 0) is 44.7 Å². The van der Waals surface area contributed by atoms with E-state index in [9.17, 15) is 9.59 Å². The molecule has 2 atom stereocenters. The average Bonchev–Trinajstić information content (AvgIpc) is 3.38. The predicted molar refractivity (Wildman–Crippen MR) is 101 cm³/mol. The van der Waals surface area contributed by atoms with Crippen LogP contribution in [0.1, 0.15) is 41.9 Å². The van der Waals surface area contributed by atoms with Crippen LogP contribution < -0.4 is 5.73 Å². The standard InChI is InChI=1S/C19H21N7O2/c1-9-4-13(14-8-21-25-18(14)22-9)15-7-16(24-23-15)19(28)26-11-2-3-12(26)6-10(5-11)17(20)27/h4,7-8,10-12H,2-3,5-6H2,1H3,(H2,20,27)(H,23,24)(H,21,22,25). The number of primary amides is 1. The Bertz CT molecular complexity index is 1070. The van der Waals surface area contributed by atoms with Crippen molar-refractivity contribution in [2.45, 2.75) is 44.7 Å². The van der Waals surface area contributed by atoms with E-state index < -0.39 is 0 Å². The normalized spacial score (nSPS) is 24.0. The molecule has 4 N–H and O–H groups in total. The summed E-state index contributed by atoms with van der Waals surface area (Å²) in [6, 6.07) is 3.85. The number of hydrogen-bond donors (Lipinski definition) is 3. The minimum Gasteiger partial charge on any atom is -0.369 e. The molecule has 3 aromatic rings. The van der Waals surface area contributed by atoms with Gasteiger partial charge >= 0.3 is 0 Å². The second-order valence-corrected chi connectivity index (χ2v) is 7.78. The molecule has 2 aliphatic rings. The van der Waals surface area contributed by atoms with Crippen molar-refractivity contribution < 1.29 is 9.59 Å². The van der Waals surface area contributed by atoms with Gasteiger partial charge in [-0.25, -0.2) is 4.98 Å². The number of hydrogen-bond acceptors (Lipinski definition) is 5. The first-order chi connectivity index (χ1) is 13.5. The van der Waals surface area contributed by atoms with Gasteiger partial charge < -0.3 is 10.6 Å². The van der Waals surface area contributed by atoms with E-state index in [0.29, 0.717) is 29.9 Å². The van der Waals surface area contributed by atoms with Gasteiger partial charge in [0.1, 0.15) is 5.69 Å². The summed E-state index contributed by atoms with van der Waals surface area (Å²) < 4.78 is 0. The lowest BCUT2D eigenvalue weighted by Gasteiger charge is -2.37. The van der Waals surface area contributed by atoms with Crippen molar-refractivity contribution in [3.63, 3.8) is 0 Å². The fourth-order valence-electron chi connectivity index (χ4n) is 4.72. The van der Waals surface area contributed by atoms with E-state index in [4.69, 9.17) is 5.73 Å². The van der Waals surface area contributed by atoms with E-state index in [2.05, 4.69) is 25.4 Å². The number of carbonyl (C=O) groups is 2. The van der Waals surface area contributed by atoms with Crippen LogP contribution in [0.15, 0.2) is 18.3 Å². The number of nitrogens with two attached hydrogens (primary N) is 1. The highest BCUT2D eigenvalue weighted by Crippen LogP contribution is 2.39. The van der Waals surface area contributed by atoms with E-state index in [-0.39, 0.29) is 29.8 Å². The third-order valence-corrected chi connectivity index (χ3v) is 6.00. The van der Waals surface area contributed by atoms with Gasteiger partial charge in [0, 0.05) is 34.6 Å². The van der Waals surface area contributed by atoms with Crippen LogP contribution in [0.25, 0.3) is 22.3 Å². The smallest absolute Gasteiger partial charge is 0.272 e. The molecule has 144 valence electrons. The number of amides is 2. The van der Waals surface area contributed by atoms with E-state index in [0.717, 1.165) is 29.5 Å². The minimum atomic E-state index is -0.259. The lowest BCUT2D eigenvalue weighted by Crippen LogP contribution is -2.49. The molecule has 0 aromatic carbocycles. The summed E-state index contributed by atoms with van der Waals surface area (Å²) in [5.74, 6) is -0.457. The number of aromatic nitrogens is 5. The second-order valence-electron chi connectivity index (χ2n) is 7.78. The van der Waals surface area contributed by atoms with Crippen LogP contribution in [-0.4, -0.2) is 54.2 Å². The number of nitrogens with one attached hydrogen (secondary N) is 2. The Hall–Kier alpha value is -3.23. The Kier molecular flexibility index (Phi) is 3.71. The van der Waals surface area contributed by atoms with Crippen LogP contribution in [-0.2, 0) is 4.79 Å².